The highest BCUT2D eigenvalue weighted by Crippen LogP contribution is 2.30. The Balaban J connectivity index is 1.30. The van der Waals surface area contributed by atoms with Crippen molar-refractivity contribution in [1.82, 2.24) is 25.1 Å². The summed E-state index contributed by atoms with van der Waals surface area (Å²) in [6.45, 7) is 4.42. The zero-order valence-electron chi connectivity index (χ0n) is 27.2. The molecule has 1 aliphatic carbocycles. The molecule has 48 heavy (non-hydrogen) atoms. The Morgan fingerprint density at radius 1 is 0.917 bits per heavy atom. The topological polar surface area (TPSA) is 114 Å². The van der Waals surface area contributed by atoms with Crippen molar-refractivity contribution in [2.45, 2.75) is 69.7 Å². The number of rotatable bonds is 11. The Labute approximate surface area is 281 Å². The second-order valence-corrected chi connectivity index (χ2v) is 12.9. The minimum atomic E-state index is -0.870. The van der Waals surface area contributed by atoms with Gasteiger partial charge in [0.2, 0.25) is 17.7 Å². The molecule has 250 valence electrons. The number of hydrazine groups is 1. The molecule has 2 atom stereocenters. The summed E-state index contributed by atoms with van der Waals surface area (Å²) in [6, 6.07) is 23.0. The minimum Gasteiger partial charge on any atom is -0.508 e. The quantitative estimate of drug-likeness (QED) is 0.303. The van der Waals surface area contributed by atoms with E-state index in [9.17, 15) is 24.3 Å². The van der Waals surface area contributed by atoms with E-state index in [0.717, 1.165) is 42.4 Å². The van der Waals surface area contributed by atoms with Crippen molar-refractivity contribution in [1.29, 1.82) is 0 Å². The molecule has 0 radical (unpaired) electrons. The predicted octanol–water partition coefficient (Wildman–Crippen LogP) is 4.05. The Morgan fingerprint density at radius 2 is 1.65 bits per heavy atom. The number of hydrogen-bond donors (Lipinski definition) is 2. The Morgan fingerprint density at radius 3 is 2.38 bits per heavy atom. The van der Waals surface area contributed by atoms with E-state index in [2.05, 4.69) is 11.9 Å². The Bertz CT molecular complexity index is 1640. The molecule has 1 saturated carbocycles. The number of carbonyl (C=O) groups is 4. The van der Waals surface area contributed by atoms with Gasteiger partial charge in [0, 0.05) is 37.5 Å². The lowest BCUT2D eigenvalue weighted by molar-refractivity contribution is -0.205. The van der Waals surface area contributed by atoms with Crippen LogP contribution in [0.3, 0.4) is 0 Å². The van der Waals surface area contributed by atoms with Crippen LogP contribution in [0.2, 0.25) is 0 Å². The number of amides is 4. The van der Waals surface area contributed by atoms with Gasteiger partial charge in [0.05, 0.1) is 13.1 Å². The summed E-state index contributed by atoms with van der Waals surface area (Å²) < 4.78 is 0. The van der Waals surface area contributed by atoms with Gasteiger partial charge < -0.3 is 20.2 Å². The molecule has 3 aromatic carbocycles. The van der Waals surface area contributed by atoms with Crippen molar-refractivity contribution >= 4 is 23.6 Å². The predicted molar refractivity (Wildman–Crippen MR) is 181 cm³/mol. The van der Waals surface area contributed by atoms with Gasteiger partial charge in [-0.2, -0.15) is 0 Å². The number of hydrogen-bond acceptors (Lipinski definition) is 6. The fourth-order valence-corrected chi connectivity index (χ4v) is 7.14. The summed E-state index contributed by atoms with van der Waals surface area (Å²) in [7, 11) is 0. The van der Waals surface area contributed by atoms with Gasteiger partial charge in [-0.3, -0.25) is 19.2 Å². The highest BCUT2D eigenvalue weighted by molar-refractivity contribution is 5.95. The van der Waals surface area contributed by atoms with Crippen LogP contribution in [0.25, 0.3) is 0 Å². The summed E-state index contributed by atoms with van der Waals surface area (Å²) in [6.07, 6.45) is 6.11. The van der Waals surface area contributed by atoms with Gasteiger partial charge in [0.1, 0.15) is 18.0 Å². The van der Waals surface area contributed by atoms with Crippen molar-refractivity contribution in [2.24, 2.45) is 0 Å². The third-order valence-corrected chi connectivity index (χ3v) is 9.51. The molecule has 0 spiro atoms. The molecule has 6 rings (SSSR count). The van der Waals surface area contributed by atoms with E-state index in [1.165, 1.54) is 0 Å². The van der Waals surface area contributed by atoms with Crippen LogP contribution < -0.4 is 5.32 Å². The normalized spacial score (nSPS) is 20.1. The van der Waals surface area contributed by atoms with Crippen LogP contribution in [-0.4, -0.2) is 86.4 Å². The van der Waals surface area contributed by atoms with Gasteiger partial charge in [-0.05, 0) is 60.2 Å². The minimum absolute atomic E-state index is 0.0584. The number of aromatic hydroxyl groups is 1. The molecule has 2 aliphatic heterocycles. The average Bonchev–Trinajstić information content (AvgIpc) is 3.60. The number of fused-ring (bicyclic) bond motifs is 1. The standard InChI is InChI=1S/C38H43N5O5/c1-2-21-41-26-36(46)42-33(23-28-15-18-32(44)19-16-28)38(48)40(25-34(42)43(41)35(45)20-17-27-9-4-3-5-10-27)24-29-11-8-12-30(22-29)37(47)39-31-13-6-7-14-31/h2-5,8-12,15-16,18-19,22,31,33-34,44H,1,6-7,13-14,17,20-21,23-26H2,(H,39,47)/t33-,34-/m0/s1. The smallest absolute Gasteiger partial charge is 0.251 e. The van der Waals surface area contributed by atoms with Crippen molar-refractivity contribution in [3.63, 3.8) is 0 Å². The molecular weight excluding hydrogens is 606 g/mol. The van der Waals surface area contributed by atoms with Crippen LogP contribution in [0.1, 0.15) is 59.2 Å². The first-order valence-corrected chi connectivity index (χ1v) is 16.8. The third-order valence-electron chi connectivity index (χ3n) is 9.51. The monoisotopic (exact) mass is 649 g/mol. The number of phenols is 1. The number of benzene rings is 3. The van der Waals surface area contributed by atoms with Gasteiger partial charge in [0.15, 0.2) is 0 Å². The van der Waals surface area contributed by atoms with Gasteiger partial charge in [-0.25, -0.2) is 10.0 Å². The van der Waals surface area contributed by atoms with Crippen LogP contribution in [-0.2, 0) is 33.8 Å². The summed E-state index contributed by atoms with van der Waals surface area (Å²) in [5.74, 6) is -0.641. The van der Waals surface area contributed by atoms with E-state index in [0.29, 0.717) is 18.5 Å². The van der Waals surface area contributed by atoms with Crippen molar-refractivity contribution in [3.05, 3.63) is 114 Å². The molecule has 4 amide bonds. The van der Waals surface area contributed by atoms with E-state index in [1.807, 2.05) is 48.5 Å². The molecule has 2 saturated heterocycles. The second kappa shape index (κ2) is 14.9. The molecule has 2 N–H and O–H groups in total. The van der Waals surface area contributed by atoms with Gasteiger partial charge in [-0.1, -0.05) is 73.5 Å². The van der Waals surface area contributed by atoms with Crippen LogP contribution >= 0.6 is 0 Å². The maximum atomic E-state index is 14.3. The summed E-state index contributed by atoms with van der Waals surface area (Å²) >= 11 is 0. The first-order valence-electron chi connectivity index (χ1n) is 16.8. The average molecular weight is 650 g/mol. The summed E-state index contributed by atoms with van der Waals surface area (Å²) in [4.78, 5) is 58.6. The maximum Gasteiger partial charge on any atom is 0.251 e. The first kappa shape index (κ1) is 33.0. The van der Waals surface area contributed by atoms with E-state index in [4.69, 9.17) is 0 Å². The Kier molecular flexibility index (Phi) is 10.2. The number of nitrogens with zero attached hydrogens (tertiary/aromatic N) is 4. The molecule has 0 bridgehead atoms. The number of phenolic OH excluding ortho intramolecular Hbond substituents is 1. The van der Waals surface area contributed by atoms with Crippen LogP contribution in [0.15, 0.2) is 91.5 Å². The lowest BCUT2D eigenvalue weighted by Crippen LogP contribution is -2.75. The molecule has 0 unspecified atom stereocenters. The van der Waals surface area contributed by atoms with Crippen molar-refractivity contribution in [2.75, 3.05) is 19.6 Å². The maximum absolute atomic E-state index is 14.3. The second-order valence-electron chi connectivity index (χ2n) is 12.9. The van der Waals surface area contributed by atoms with E-state index >= 15 is 0 Å². The zero-order chi connectivity index (χ0) is 33.6. The van der Waals surface area contributed by atoms with Gasteiger partial charge in [0.25, 0.3) is 5.91 Å². The highest BCUT2D eigenvalue weighted by atomic mass is 16.3. The fraction of sp³-hybridized carbons (Fsp3) is 0.368. The van der Waals surface area contributed by atoms with Gasteiger partial charge in [-0.15, -0.1) is 6.58 Å². The fourth-order valence-electron chi connectivity index (χ4n) is 7.14. The number of aryl methyl sites for hydroxylation is 1. The molecule has 2 heterocycles. The molecule has 0 aromatic heterocycles. The third kappa shape index (κ3) is 7.44. The number of piperazine rings is 1. The number of nitrogens with one attached hydrogen (secondary N) is 1. The van der Waals surface area contributed by atoms with Crippen molar-refractivity contribution in [3.8, 4) is 5.75 Å². The van der Waals surface area contributed by atoms with E-state index < -0.39 is 12.2 Å². The van der Waals surface area contributed by atoms with Crippen LogP contribution in [0.4, 0.5) is 0 Å². The highest BCUT2D eigenvalue weighted by Gasteiger charge is 2.51. The molecule has 10 nitrogen and oxygen atoms in total. The molecule has 10 heteroatoms. The Hall–Kier alpha value is -4.96. The largest absolute Gasteiger partial charge is 0.508 e. The molecular formula is C38H43N5O5. The molecule has 3 fully saturated rings. The lowest BCUT2D eigenvalue weighted by atomic mass is 9.97. The molecule has 3 aliphatic rings. The first-order chi connectivity index (χ1) is 23.3. The SMILES string of the molecule is C=CCN1CC(=O)N2[C@@H](Cc3ccc(O)cc3)C(=O)N(Cc3cccc(C(=O)NC4CCCC4)c3)C[C@@H]2N1C(=O)CCc1ccccc1. The zero-order valence-corrected chi connectivity index (χ0v) is 27.2. The van der Waals surface area contributed by atoms with Crippen molar-refractivity contribution < 1.29 is 24.3 Å². The van der Waals surface area contributed by atoms with Gasteiger partial charge >= 0.3 is 0 Å². The lowest BCUT2D eigenvalue weighted by Gasteiger charge is -2.55. The summed E-state index contributed by atoms with van der Waals surface area (Å²) in [5, 5.41) is 16.4. The number of carbonyl (C=O) groups excluding carboxylic acids is 4. The van der Waals surface area contributed by atoms with Crippen LogP contribution in [0.5, 0.6) is 5.75 Å². The van der Waals surface area contributed by atoms with E-state index in [-0.39, 0.29) is 67.9 Å². The summed E-state index contributed by atoms with van der Waals surface area (Å²) in [5.41, 5.74) is 3.13. The van der Waals surface area contributed by atoms with Crippen LogP contribution in [0, 0.1) is 0 Å². The molecule has 3 aromatic rings. The van der Waals surface area contributed by atoms with E-state index in [1.54, 1.807) is 56.2 Å².